The van der Waals surface area contributed by atoms with Gasteiger partial charge in [0.25, 0.3) is 0 Å². The molecule has 0 atom stereocenters. The third-order valence-electron chi connectivity index (χ3n) is 2.82. The average Bonchev–Trinajstić information content (AvgIpc) is 2.75. The fourth-order valence-electron chi connectivity index (χ4n) is 1.83. The van der Waals surface area contributed by atoms with E-state index in [2.05, 4.69) is 33.4 Å². The van der Waals surface area contributed by atoms with Crippen molar-refractivity contribution in [1.29, 1.82) is 0 Å². The van der Waals surface area contributed by atoms with Crippen molar-refractivity contribution in [1.82, 2.24) is 0 Å². The number of carbonyl (C=O) groups excluding carboxylic acids is 1. The van der Waals surface area contributed by atoms with Gasteiger partial charge in [-0.3, -0.25) is 4.79 Å². The molecule has 1 N–H and O–H groups in total. The summed E-state index contributed by atoms with van der Waals surface area (Å²) in [4.78, 5) is 11.9. The fraction of sp³-hybridized carbons (Fsp3) is 0.308. The van der Waals surface area contributed by atoms with E-state index in [0.717, 1.165) is 28.6 Å². The molecular weight excluding hydrogens is 266 g/mol. The van der Waals surface area contributed by atoms with Gasteiger partial charge in [0.05, 0.1) is 0 Å². The first-order valence-corrected chi connectivity index (χ1v) is 6.18. The summed E-state index contributed by atoms with van der Waals surface area (Å²) in [5.74, 6) is 0.235. The first kappa shape index (κ1) is 11.4. The Kier molecular flexibility index (Phi) is 3.44. The van der Waals surface area contributed by atoms with Crippen molar-refractivity contribution in [3.05, 3.63) is 40.4 Å². The van der Waals surface area contributed by atoms with E-state index in [9.17, 15) is 4.79 Å². The highest BCUT2D eigenvalue weighted by Crippen LogP contribution is 2.23. The molecule has 0 bridgehead atoms. The first-order valence-electron chi connectivity index (χ1n) is 5.39. The molecule has 1 amide bonds. The van der Waals surface area contributed by atoms with Crippen molar-refractivity contribution in [2.45, 2.75) is 19.8 Å². The molecule has 0 spiro atoms. The lowest BCUT2D eigenvalue weighted by Crippen LogP contribution is -2.20. The number of rotatable bonds is 2. The van der Waals surface area contributed by atoms with Crippen molar-refractivity contribution in [2.24, 2.45) is 5.92 Å². The lowest BCUT2D eigenvalue weighted by atomic mass is 10.1. The Hall–Kier alpha value is -1.09. The van der Waals surface area contributed by atoms with Crippen LogP contribution in [0.3, 0.4) is 0 Å². The van der Waals surface area contributed by atoms with Gasteiger partial charge in [0.1, 0.15) is 0 Å². The van der Waals surface area contributed by atoms with Gasteiger partial charge in [-0.25, -0.2) is 0 Å². The van der Waals surface area contributed by atoms with Gasteiger partial charge in [-0.1, -0.05) is 28.1 Å². The van der Waals surface area contributed by atoms with E-state index in [1.54, 1.807) is 0 Å². The van der Waals surface area contributed by atoms with Crippen LogP contribution in [0.15, 0.2) is 34.8 Å². The summed E-state index contributed by atoms with van der Waals surface area (Å²) in [6.07, 6.45) is 5.86. The number of hydrogen-bond acceptors (Lipinski definition) is 1. The van der Waals surface area contributed by atoms with Gasteiger partial charge < -0.3 is 5.32 Å². The van der Waals surface area contributed by atoms with Crippen LogP contribution in [0, 0.1) is 12.8 Å². The monoisotopic (exact) mass is 279 g/mol. The van der Waals surface area contributed by atoms with Gasteiger partial charge >= 0.3 is 0 Å². The highest BCUT2D eigenvalue weighted by molar-refractivity contribution is 9.10. The average molecular weight is 280 g/mol. The topological polar surface area (TPSA) is 29.1 Å². The molecule has 0 saturated heterocycles. The lowest BCUT2D eigenvalue weighted by molar-refractivity contribution is -0.119. The van der Waals surface area contributed by atoms with Gasteiger partial charge in [0.15, 0.2) is 0 Å². The van der Waals surface area contributed by atoms with E-state index < -0.39 is 0 Å². The quantitative estimate of drug-likeness (QED) is 0.823. The first-order chi connectivity index (χ1) is 7.66. The summed E-state index contributed by atoms with van der Waals surface area (Å²) in [6, 6.07) is 5.87. The summed E-state index contributed by atoms with van der Waals surface area (Å²) in [6.45, 7) is 1.99. The number of aryl methyl sites for hydroxylation is 1. The van der Waals surface area contributed by atoms with Crippen LogP contribution in [-0.4, -0.2) is 5.91 Å². The molecule has 0 aliphatic heterocycles. The highest BCUT2D eigenvalue weighted by Gasteiger charge is 2.19. The Balaban J connectivity index is 2.06. The summed E-state index contributed by atoms with van der Waals surface area (Å²) in [5.41, 5.74) is 1.98. The zero-order valence-electron chi connectivity index (χ0n) is 9.16. The Bertz CT molecular complexity index is 432. The van der Waals surface area contributed by atoms with Gasteiger partial charge in [-0.2, -0.15) is 0 Å². The van der Waals surface area contributed by atoms with Crippen molar-refractivity contribution >= 4 is 27.5 Å². The third kappa shape index (κ3) is 2.53. The predicted octanol–water partition coefficient (Wildman–Crippen LogP) is 3.66. The van der Waals surface area contributed by atoms with Crippen LogP contribution >= 0.6 is 15.9 Å². The smallest absolute Gasteiger partial charge is 0.228 e. The van der Waals surface area contributed by atoms with E-state index in [-0.39, 0.29) is 11.8 Å². The normalized spacial score (nSPS) is 15.4. The third-order valence-corrected chi connectivity index (χ3v) is 3.32. The van der Waals surface area contributed by atoms with Crippen molar-refractivity contribution in [3.63, 3.8) is 0 Å². The van der Waals surface area contributed by atoms with Gasteiger partial charge in [0.2, 0.25) is 5.91 Å². The molecule has 1 aromatic rings. The van der Waals surface area contributed by atoms with E-state index in [1.165, 1.54) is 0 Å². The Morgan fingerprint density at radius 2 is 2.06 bits per heavy atom. The molecule has 0 fully saturated rings. The standard InChI is InChI=1S/C13H14BrNO/c1-9-8-11(14)6-7-12(9)15-13(16)10-4-2-3-5-10/h2-3,6-8,10H,4-5H2,1H3,(H,15,16). The van der Waals surface area contributed by atoms with Crippen LogP contribution in [0.25, 0.3) is 0 Å². The van der Waals surface area contributed by atoms with Gasteiger partial charge in [-0.05, 0) is 43.5 Å². The minimum Gasteiger partial charge on any atom is -0.326 e. The van der Waals surface area contributed by atoms with Crippen LogP contribution in [-0.2, 0) is 4.79 Å². The molecule has 84 valence electrons. The minimum atomic E-state index is 0.114. The maximum absolute atomic E-state index is 11.9. The molecule has 0 heterocycles. The molecule has 0 aromatic heterocycles. The van der Waals surface area contributed by atoms with E-state index in [1.807, 2.05) is 25.1 Å². The van der Waals surface area contributed by atoms with Crippen LogP contribution in [0.4, 0.5) is 5.69 Å². The predicted molar refractivity (Wildman–Crippen MR) is 69.4 cm³/mol. The number of nitrogens with one attached hydrogen (secondary N) is 1. The Labute approximate surface area is 104 Å². The number of hydrogen-bond donors (Lipinski definition) is 1. The SMILES string of the molecule is Cc1cc(Br)ccc1NC(=O)C1CC=CC1. The summed E-state index contributed by atoms with van der Waals surface area (Å²) in [5, 5.41) is 2.98. The maximum atomic E-state index is 11.9. The van der Waals surface area contributed by atoms with Crippen molar-refractivity contribution in [3.8, 4) is 0 Å². The van der Waals surface area contributed by atoms with Gasteiger partial charge in [-0.15, -0.1) is 0 Å². The van der Waals surface area contributed by atoms with Crippen LogP contribution < -0.4 is 5.32 Å². The largest absolute Gasteiger partial charge is 0.326 e. The van der Waals surface area contributed by atoms with Crippen LogP contribution in [0.5, 0.6) is 0 Å². The molecule has 0 radical (unpaired) electrons. The molecule has 3 heteroatoms. The number of allylic oxidation sites excluding steroid dienone is 2. The second kappa shape index (κ2) is 4.83. The summed E-state index contributed by atoms with van der Waals surface area (Å²) < 4.78 is 1.03. The number of halogens is 1. The minimum absolute atomic E-state index is 0.114. The number of amides is 1. The number of anilines is 1. The molecule has 1 aliphatic carbocycles. The lowest BCUT2D eigenvalue weighted by Gasteiger charge is -2.12. The van der Waals surface area contributed by atoms with E-state index in [0.29, 0.717) is 0 Å². The molecule has 1 aromatic carbocycles. The summed E-state index contributed by atoms with van der Waals surface area (Å²) in [7, 11) is 0. The molecule has 2 nitrogen and oxygen atoms in total. The van der Waals surface area contributed by atoms with E-state index in [4.69, 9.17) is 0 Å². The zero-order valence-corrected chi connectivity index (χ0v) is 10.8. The van der Waals surface area contributed by atoms with E-state index >= 15 is 0 Å². The summed E-state index contributed by atoms with van der Waals surface area (Å²) >= 11 is 3.41. The van der Waals surface area contributed by atoms with Crippen LogP contribution in [0.1, 0.15) is 18.4 Å². The Morgan fingerprint density at radius 1 is 1.38 bits per heavy atom. The van der Waals surface area contributed by atoms with Crippen LogP contribution in [0.2, 0.25) is 0 Å². The number of carbonyl (C=O) groups is 1. The van der Waals surface area contributed by atoms with Gasteiger partial charge in [0, 0.05) is 16.1 Å². The molecule has 1 aliphatic rings. The zero-order chi connectivity index (χ0) is 11.5. The number of benzene rings is 1. The molecule has 0 saturated carbocycles. The molecule has 2 rings (SSSR count). The molecule has 0 unspecified atom stereocenters. The van der Waals surface area contributed by atoms with Crippen molar-refractivity contribution in [2.75, 3.05) is 5.32 Å². The molecular formula is C13H14BrNO. The molecule has 16 heavy (non-hydrogen) atoms. The second-order valence-electron chi connectivity index (χ2n) is 4.09. The highest BCUT2D eigenvalue weighted by atomic mass is 79.9. The van der Waals surface area contributed by atoms with Crippen molar-refractivity contribution < 1.29 is 4.79 Å². The fourth-order valence-corrected chi connectivity index (χ4v) is 2.31. The Morgan fingerprint density at radius 3 is 2.69 bits per heavy atom. The second-order valence-corrected chi connectivity index (χ2v) is 5.00. The maximum Gasteiger partial charge on any atom is 0.228 e.